The molecule has 7 nitrogen and oxygen atoms in total. The smallest absolute Gasteiger partial charge is 0.191 e. The number of aromatic nitrogens is 2. The average molecular weight is 487 g/mol. The second-order valence-corrected chi connectivity index (χ2v) is 6.35. The quantitative estimate of drug-likeness (QED) is 0.246. The molecule has 0 amide bonds. The molecule has 1 unspecified atom stereocenters. The van der Waals surface area contributed by atoms with Gasteiger partial charge in [0.15, 0.2) is 5.96 Å². The summed E-state index contributed by atoms with van der Waals surface area (Å²) in [6.45, 7) is 6.75. The van der Waals surface area contributed by atoms with Gasteiger partial charge in [-0.3, -0.25) is 4.99 Å². The molecule has 0 aromatic carbocycles. The molecule has 3 heterocycles. The van der Waals surface area contributed by atoms with Gasteiger partial charge in [-0.05, 0) is 31.9 Å². The molecular weight excluding hydrogens is 457 g/mol. The Labute approximate surface area is 178 Å². The van der Waals surface area contributed by atoms with Crippen molar-refractivity contribution in [3.63, 3.8) is 0 Å². The van der Waals surface area contributed by atoms with Crippen LogP contribution in [0.15, 0.2) is 35.6 Å². The van der Waals surface area contributed by atoms with Gasteiger partial charge < -0.3 is 24.5 Å². The normalized spacial score (nSPS) is 17.1. The molecule has 2 aromatic heterocycles. The number of guanidine groups is 1. The van der Waals surface area contributed by atoms with Gasteiger partial charge in [-0.2, -0.15) is 0 Å². The second-order valence-electron chi connectivity index (χ2n) is 6.35. The number of halogens is 1. The van der Waals surface area contributed by atoms with Crippen LogP contribution in [0.25, 0.3) is 5.65 Å². The maximum absolute atomic E-state index is 5.77. The van der Waals surface area contributed by atoms with Crippen molar-refractivity contribution in [2.45, 2.75) is 32.3 Å². The van der Waals surface area contributed by atoms with Crippen LogP contribution in [0.3, 0.4) is 0 Å². The summed E-state index contributed by atoms with van der Waals surface area (Å²) in [5.41, 5.74) is 2.06. The van der Waals surface area contributed by atoms with Gasteiger partial charge in [-0.1, -0.05) is 6.07 Å². The van der Waals surface area contributed by atoms with Gasteiger partial charge >= 0.3 is 0 Å². The lowest BCUT2D eigenvalue weighted by molar-refractivity contribution is 0.0424. The van der Waals surface area contributed by atoms with E-state index in [9.17, 15) is 0 Å². The van der Waals surface area contributed by atoms with Gasteiger partial charge in [0.2, 0.25) is 0 Å². The fourth-order valence-electron chi connectivity index (χ4n) is 2.91. The SMILES string of the molecule is CCNC(=NCCCOC1CCOC1)NCCc1cn2ccccc2n1.I. The molecule has 2 N–H and O–H groups in total. The summed E-state index contributed by atoms with van der Waals surface area (Å²) < 4.78 is 13.1. The summed E-state index contributed by atoms with van der Waals surface area (Å²) in [5.74, 6) is 0.848. The zero-order valence-electron chi connectivity index (χ0n) is 15.9. The van der Waals surface area contributed by atoms with E-state index in [1.807, 2.05) is 28.8 Å². The lowest BCUT2D eigenvalue weighted by atomic mass is 10.3. The van der Waals surface area contributed by atoms with Gasteiger partial charge in [0.25, 0.3) is 0 Å². The Kier molecular flexibility index (Phi) is 9.85. The van der Waals surface area contributed by atoms with Gasteiger partial charge in [0.1, 0.15) is 5.65 Å². The van der Waals surface area contributed by atoms with Gasteiger partial charge in [-0.15, -0.1) is 24.0 Å². The van der Waals surface area contributed by atoms with Crippen molar-refractivity contribution in [1.29, 1.82) is 0 Å². The molecule has 1 fully saturated rings. The lowest BCUT2D eigenvalue weighted by Gasteiger charge is -2.11. The van der Waals surface area contributed by atoms with E-state index in [2.05, 4.69) is 33.7 Å². The molecule has 1 aliphatic rings. The second kappa shape index (κ2) is 12.1. The first-order valence-electron chi connectivity index (χ1n) is 9.49. The predicted molar refractivity (Wildman–Crippen MR) is 118 cm³/mol. The Morgan fingerprint density at radius 1 is 1.41 bits per heavy atom. The Hall–Kier alpha value is -1.39. The van der Waals surface area contributed by atoms with E-state index in [4.69, 9.17) is 9.47 Å². The molecule has 0 aliphatic carbocycles. The molecule has 0 bridgehead atoms. The maximum Gasteiger partial charge on any atom is 0.191 e. The van der Waals surface area contributed by atoms with Crippen molar-refractivity contribution in [3.05, 3.63) is 36.3 Å². The van der Waals surface area contributed by atoms with Crippen molar-refractivity contribution < 1.29 is 9.47 Å². The molecule has 8 heteroatoms. The Balaban J connectivity index is 0.00000261. The van der Waals surface area contributed by atoms with Crippen molar-refractivity contribution in [3.8, 4) is 0 Å². The monoisotopic (exact) mass is 487 g/mol. The number of ether oxygens (including phenoxy) is 2. The molecule has 1 atom stereocenters. The van der Waals surface area contributed by atoms with E-state index in [1.165, 1.54) is 0 Å². The van der Waals surface area contributed by atoms with Crippen molar-refractivity contribution in [1.82, 2.24) is 20.0 Å². The number of imidazole rings is 1. The van der Waals surface area contributed by atoms with E-state index < -0.39 is 0 Å². The number of pyridine rings is 1. The molecule has 0 spiro atoms. The third kappa shape index (κ3) is 7.27. The largest absolute Gasteiger partial charge is 0.379 e. The summed E-state index contributed by atoms with van der Waals surface area (Å²) in [5, 5.41) is 6.65. The summed E-state index contributed by atoms with van der Waals surface area (Å²) in [7, 11) is 0. The molecule has 1 saturated heterocycles. The highest BCUT2D eigenvalue weighted by atomic mass is 127. The summed E-state index contributed by atoms with van der Waals surface area (Å²) in [6, 6.07) is 6.03. The van der Waals surface area contributed by atoms with Gasteiger partial charge in [0, 0.05) is 51.7 Å². The van der Waals surface area contributed by atoms with Crippen LogP contribution in [-0.2, 0) is 15.9 Å². The molecule has 3 rings (SSSR count). The number of fused-ring (bicyclic) bond motifs is 1. The third-order valence-electron chi connectivity index (χ3n) is 4.25. The van der Waals surface area contributed by atoms with Crippen LogP contribution in [0.4, 0.5) is 0 Å². The van der Waals surface area contributed by atoms with Crippen LogP contribution in [0.1, 0.15) is 25.5 Å². The fourth-order valence-corrected chi connectivity index (χ4v) is 2.91. The highest BCUT2D eigenvalue weighted by molar-refractivity contribution is 14.0. The van der Waals surface area contributed by atoms with Crippen molar-refractivity contribution in [2.24, 2.45) is 4.99 Å². The van der Waals surface area contributed by atoms with Crippen LogP contribution in [0, 0.1) is 0 Å². The number of hydrogen-bond acceptors (Lipinski definition) is 4. The standard InChI is InChI=1S/C19H29N5O2.HI/c1-2-20-19(21-9-5-12-26-17-8-13-25-15-17)22-10-7-16-14-24-11-4-3-6-18(24)23-16;/h3-4,6,11,14,17H,2,5,7-10,12-13,15H2,1H3,(H2,20,21,22);1H. The highest BCUT2D eigenvalue weighted by Gasteiger charge is 2.15. The summed E-state index contributed by atoms with van der Waals surface area (Å²) in [6.07, 6.45) is 7.15. The number of aliphatic imine (C=N–C) groups is 1. The molecule has 150 valence electrons. The van der Waals surface area contributed by atoms with E-state index in [-0.39, 0.29) is 30.1 Å². The summed E-state index contributed by atoms with van der Waals surface area (Å²) in [4.78, 5) is 9.22. The van der Waals surface area contributed by atoms with Crippen LogP contribution >= 0.6 is 24.0 Å². The number of rotatable bonds is 9. The zero-order valence-corrected chi connectivity index (χ0v) is 18.2. The van der Waals surface area contributed by atoms with E-state index in [0.29, 0.717) is 0 Å². The minimum absolute atomic E-state index is 0. The van der Waals surface area contributed by atoms with E-state index >= 15 is 0 Å². The van der Waals surface area contributed by atoms with E-state index in [0.717, 1.165) is 76.0 Å². The first-order chi connectivity index (χ1) is 12.8. The number of nitrogens with one attached hydrogen (secondary N) is 2. The van der Waals surface area contributed by atoms with Crippen molar-refractivity contribution >= 4 is 35.6 Å². The summed E-state index contributed by atoms with van der Waals surface area (Å²) >= 11 is 0. The van der Waals surface area contributed by atoms with Gasteiger partial charge in [0.05, 0.1) is 18.4 Å². The Morgan fingerprint density at radius 2 is 2.33 bits per heavy atom. The van der Waals surface area contributed by atoms with Crippen molar-refractivity contribution in [2.75, 3.05) is 39.5 Å². The molecule has 27 heavy (non-hydrogen) atoms. The Bertz CT molecular complexity index is 667. The van der Waals surface area contributed by atoms with Gasteiger partial charge in [-0.25, -0.2) is 4.98 Å². The number of nitrogens with zero attached hydrogens (tertiary/aromatic N) is 3. The molecule has 0 saturated carbocycles. The highest BCUT2D eigenvalue weighted by Crippen LogP contribution is 2.08. The first-order valence-corrected chi connectivity index (χ1v) is 9.49. The fraction of sp³-hybridized carbons (Fsp3) is 0.579. The average Bonchev–Trinajstić information content (AvgIpc) is 3.30. The predicted octanol–water partition coefficient (Wildman–Crippen LogP) is 2.25. The minimum Gasteiger partial charge on any atom is -0.379 e. The zero-order chi connectivity index (χ0) is 18.0. The molecular formula is C19H30IN5O2. The molecule has 0 radical (unpaired) electrons. The molecule has 2 aromatic rings. The van der Waals surface area contributed by atoms with Crippen LogP contribution in [-0.4, -0.2) is 60.9 Å². The Morgan fingerprint density at radius 3 is 3.11 bits per heavy atom. The topological polar surface area (TPSA) is 72.2 Å². The molecule has 1 aliphatic heterocycles. The van der Waals surface area contributed by atoms with Crippen LogP contribution < -0.4 is 10.6 Å². The number of hydrogen-bond donors (Lipinski definition) is 2. The lowest BCUT2D eigenvalue weighted by Crippen LogP contribution is -2.38. The van der Waals surface area contributed by atoms with Crippen LogP contribution in [0.5, 0.6) is 0 Å². The first kappa shape index (κ1) is 21.9. The van der Waals surface area contributed by atoms with Crippen LogP contribution in [0.2, 0.25) is 0 Å². The maximum atomic E-state index is 5.77. The van der Waals surface area contributed by atoms with E-state index in [1.54, 1.807) is 0 Å². The minimum atomic E-state index is 0. The third-order valence-corrected chi connectivity index (χ3v) is 4.25.